The zero-order chi connectivity index (χ0) is 20.8. The lowest BCUT2D eigenvalue weighted by molar-refractivity contribution is 0.378. The molecule has 0 unspecified atom stereocenters. The van der Waals surface area contributed by atoms with Crippen LogP contribution in [0.4, 0.5) is 0 Å². The summed E-state index contributed by atoms with van der Waals surface area (Å²) in [5.41, 5.74) is 8.98. The van der Waals surface area contributed by atoms with Crippen LogP contribution in [-0.4, -0.2) is 20.4 Å². The van der Waals surface area contributed by atoms with Crippen molar-refractivity contribution in [2.24, 2.45) is 5.73 Å². The lowest BCUT2D eigenvalue weighted by Gasteiger charge is -2.24. The Hall–Kier alpha value is -4.44. The van der Waals surface area contributed by atoms with Crippen molar-refractivity contribution in [3.63, 3.8) is 0 Å². The van der Waals surface area contributed by atoms with Crippen LogP contribution >= 0.6 is 0 Å². The molecule has 1 aliphatic heterocycles. The first-order valence-electron chi connectivity index (χ1n) is 9.23. The number of hydrogen-bond donors (Lipinski definition) is 4. The van der Waals surface area contributed by atoms with Gasteiger partial charge in [-0.1, -0.05) is 42.5 Å². The van der Waals surface area contributed by atoms with E-state index < -0.39 is 5.92 Å². The van der Waals surface area contributed by atoms with Crippen LogP contribution in [0.2, 0.25) is 0 Å². The van der Waals surface area contributed by atoms with E-state index in [1.54, 1.807) is 6.07 Å². The van der Waals surface area contributed by atoms with Crippen LogP contribution in [0.5, 0.6) is 17.4 Å². The molecule has 7 heteroatoms. The van der Waals surface area contributed by atoms with E-state index in [0.717, 1.165) is 16.3 Å². The predicted molar refractivity (Wildman–Crippen MR) is 111 cm³/mol. The van der Waals surface area contributed by atoms with Crippen molar-refractivity contribution < 1.29 is 14.9 Å². The van der Waals surface area contributed by atoms with E-state index in [-0.39, 0.29) is 28.8 Å². The number of aromatic nitrogens is 2. The Morgan fingerprint density at radius 3 is 2.57 bits per heavy atom. The molecule has 1 aromatic heterocycles. The molecule has 0 radical (unpaired) electrons. The number of phenols is 2. The standard InChI is InChI=1S/C23H16N4O3/c24-11-16-19(14-7-8-17(28)18(29)10-14)20-21(26-27-23(20)30-22(16)25)15-6-5-12-3-1-2-4-13(12)9-15/h1-10,19,28-29H,25H2,(H,26,27)/t19-/m0/s1. The summed E-state index contributed by atoms with van der Waals surface area (Å²) in [5.74, 6) is -0.924. The Balaban J connectivity index is 1.74. The maximum absolute atomic E-state index is 10.0. The summed E-state index contributed by atoms with van der Waals surface area (Å²) in [6, 6.07) is 20.6. The van der Waals surface area contributed by atoms with E-state index in [1.165, 1.54) is 12.1 Å². The first-order valence-corrected chi connectivity index (χ1v) is 9.23. The zero-order valence-corrected chi connectivity index (χ0v) is 15.6. The summed E-state index contributed by atoms with van der Waals surface area (Å²) < 4.78 is 5.61. The molecule has 0 aliphatic carbocycles. The van der Waals surface area contributed by atoms with E-state index in [1.807, 2.05) is 42.5 Å². The molecule has 0 saturated heterocycles. The molecule has 30 heavy (non-hydrogen) atoms. The minimum atomic E-state index is -0.620. The number of nitrogens with two attached hydrogens (primary N) is 1. The lowest BCUT2D eigenvalue weighted by atomic mass is 9.82. The second kappa shape index (κ2) is 6.57. The highest BCUT2D eigenvalue weighted by Crippen LogP contribution is 2.47. The Kier molecular flexibility index (Phi) is 3.86. The van der Waals surface area contributed by atoms with Crippen molar-refractivity contribution in [1.29, 1.82) is 5.26 Å². The molecule has 7 nitrogen and oxygen atoms in total. The number of hydrogen-bond acceptors (Lipinski definition) is 6. The monoisotopic (exact) mass is 396 g/mol. The normalized spacial score (nSPS) is 15.5. The van der Waals surface area contributed by atoms with Gasteiger partial charge < -0.3 is 20.7 Å². The third-order valence-electron chi connectivity index (χ3n) is 5.31. The van der Waals surface area contributed by atoms with Crippen molar-refractivity contribution in [2.75, 3.05) is 0 Å². The molecule has 1 atom stereocenters. The number of H-pyrrole nitrogens is 1. The minimum Gasteiger partial charge on any atom is -0.504 e. The highest BCUT2D eigenvalue weighted by atomic mass is 16.5. The number of fused-ring (bicyclic) bond motifs is 2. The summed E-state index contributed by atoms with van der Waals surface area (Å²) in [7, 11) is 0. The summed E-state index contributed by atoms with van der Waals surface area (Å²) in [6.45, 7) is 0. The van der Waals surface area contributed by atoms with Crippen LogP contribution in [0, 0.1) is 11.3 Å². The number of aromatic hydroxyl groups is 2. The number of allylic oxidation sites excluding steroid dienone is 1. The van der Waals surface area contributed by atoms with E-state index in [2.05, 4.69) is 16.3 Å². The maximum Gasteiger partial charge on any atom is 0.244 e. The largest absolute Gasteiger partial charge is 0.504 e. The van der Waals surface area contributed by atoms with Gasteiger partial charge in [0.2, 0.25) is 11.8 Å². The van der Waals surface area contributed by atoms with Crippen LogP contribution in [0.15, 0.2) is 72.1 Å². The molecule has 5 N–H and O–H groups in total. The minimum absolute atomic E-state index is 0.0425. The van der Waals surface area contributed by atoms with Crippen LogP contribution in [-0.2, 0) is 0 Å². The number of nitrogens with one attached hydrogen (secondary N) is 1. The van der Waals surface area contributed by atoms with E-state index in [9.17, 15) is 15.5 Å². The molecule has 3 aromatic carbocycles. The van der Waals surface area contributed by atoms with E-state index in [4.69, 9.17) is 10.5 Å². The van der Waals surface area contributed by atoms with Gasteiger partial charge in [0.15, 0.2) is 11.5 Å². The van der Waals surface area contributed by atoms with Crippen molar-refractivity contribution in [3.8, 4) is 34.7 Å². The highest BCUT2D eigenvalue weighted by molar-refractivity contribution is 5.87. The Bertz CT molecular complexity index is 1380. The van der Waals surface area contributed by atoms with E-state index in [0.29, 0.717) is 16.8 Å². The van der Waals surface area contributed by atoms with Gasteiger partial charge in [-0.05, 0) is 34.5 Å². The molecule has 0 bridgehead atoms. The zero-order valence-electron chi connectivity index (χ0n) is 15.6. The summed E-state index contributed by atoms with van der Waals surface area (Å²) in [6.07, 6.45) is 0. The van der Waals surface area contributed by atoms with E-state index >= 15 is 0 Å². The molecule has 2 heterocycles. The fourth-order valence-electron chi connectivity index (χ4n) is 3.86. The molecule has 5 rings (SSSR count). The summed E-state index contributed by atoms with van der Waals surface area (Å²) in [5, 5.41) is 38.9. The van der Waals surface area contributed by atoms with Crippen molar-refractivity contribution in [1.82, 2.24) is 10.2 Å². The molecule has 0 fully saturated rings. The molecule has 0 saturated carbocycles. The van der Waals surface area contributed by atoms with Crippen LogP contribution in [0.3, 0.4) is 0 Å². The number of nitrogens with zero attached hydrogens (tertiary/aromatic N) is 2. The van der Waals surface area contributed by atoms with Crippen molar-refractivity contribution in [3.05, 3.63) is 83.2 Å². The number of ether oxygens (including phenoxy) is 1. The molecule has 0 spiro atoms. The Morgan fingerprint density at radius 1 is 1.00 bits per heavy atom. The van der Waals surface area contributed by atoms with Gasteiger partial charge in [0.25, 0.3) is 0 Å². The lowest BCUT2D eigenvalue weighted by Crippen LogP contribution is -2.20. The SMILES string of the molecule is N#CC1=C(N)Oc2n[nH]c(-c3ccc4ccccc4c3)c2[C@H]1c1ccc(O)c(O)c1. The summed E-state index contributed by atoms with van der Waals surface area (Å²) >= 11 is 0. The van der Waals surface area contributed by atoms with Gasteiger partial charge in [-0.25, -0.2) is 0 Å². The first-order chi connectivity index (χ1) is 14.6. The molecule has 0 amide bonds. The van der Waals surface area contributed by atoms with Crippen molar-refractivity contribution in [2.45, 2.75) is 5.92 Å². The number of phenolic OH excluding ortho intramolecular Hbond substituents is 2. The van der Waals surface area contributed by atoms with Gasteiger partial charge in [-0.15, -0.1) is 5.10 Å². The second-order valence-electron chi connectivity index (χ2n) is 7.05. The highest BCUT2D eigenvalue weighted by Gasteiger charge is 2.36. The average Bonchev–Trinajstić information content (AvgIpc) is 3.17. The first kappa shape index (κ1) is 17.6. The Labute approximate surface area is 171 Å². The number of aromatic amines is 1. The quantitative estimate of drug-likeness (QED) is 0.381. The molecule has 146 valence electrons. The fraction of sp³-hybridized carbons (Fsp3) is 0.0435. The third kappa shape index (κ3) is 2.63. The molecule has 4 aromatic rings. The van der Waals surface area contributed by atoms with Crippen LogP contribution < -0.4 is 10.5 Å². The second-order valence-corrected chi connectivity index (χ2v) is 7.05. The van der Waals surface area contributed by atoms with Gasteiger partial charge in [0, 0.05) is 5.56 Å². The van der Waals surface area contributed by atoms with Gasteiger partial charge >= 0.3 is 0 Å². The van der Waals surface area contributed by atoms with Gasteiger partial charge in [-0.2, -0.15) is 5.26 Å². The molecule has 1 aliphatic rings. The van der Waals surface area contributed by atoms with Crippen LogP contribution in [0.1, 0.15) is 17.0 Å². The number of nitriles is 1. The predicted octanol–water partition coefficient (Wildman–Crippen LogP) is 3.86. The number of rotatable bonds is 2. The smallest absolute Gasteiger partial charge is 0.244 e. The molecular weight excluding hydrogens is 380 g/mol. The van der Waals surface area contributed by atoms with Crippen molar-refractivity contribution >= 4 is 10.8 Å². The topological polar surface area (TPSA) is 128 Å². The number of benzene rings is 3. The Morgan fingerprint density at radius 2 is 1.80 bits per heavy atom. The summed E-state index contributed by atoms with van der Waals surface area (Å²) in [4.78, 5) is 0. The van der Waals surface area contributed by atoms with Gasteiger partial charge in [0.1, 0.15) is 11.6 Å². The molecular formula is C23H16N4O3. The fourth-order valence-corrected chi connectivity index (χ4v) is 3.86. The van der Waals surface area contributed by atoms with Gasteiger partial charge in [0.05, 0.1) is 17.2 Å². The third-order valence-corrected chi connectivity index (χ3v) is 5.31. The van der Waals surface area contributed by atoms with Crippen LogP contribution in [0.25, 0.3) is 22.0 Å². The van der Waals surface area contributed by atoms with Gasteiger partial charge in [-0.3, -0.25) is 5.10 Å². The maximum atomic E-state index is 10.0. The average molecular weight is 396 g/mol.